The molecule has 0 saturated carbocycles. The molecule has 0 aliphatic carbocycles. The zero-order valence-electron chi connectivity index (χ0n) is 21.4. The Morgan fingerprint density at radius 3 is 2.55 bits per heavy atom. The first-order chi connectivity index (χ1) is 18.4. The number of hydrogen-bond donors (Lipinski definition) is 3. The Kier molecular flexibility index (Phi) is 7.27. The highest BCUT2D eigenvalue weighted by Gasteiger charge is 2.20. The number of para-hydroxylation sites is 1. The molecule has 5 aromatic rings. The van der Waals surface area contributed by atoms with Gasteiger partial charge in [-0.1, -0.05) is 36.4 Å². The molecule has 0 spiro atoms. The van der Waals surface area contributed by atoms with Gasteiger partial charge in [0.25, 0.3) is 0 Å². The highest BCUT2D eigenvalue weighted by molar-refractivity contribution is 6.10. The van der Waals surface area contributed by atoms with Gasteiger partial charge < -0.3 is 24.9 Å². The molecule has 1 unspecified atom stereocenters. The SMILES string of the molecule is CC(C)(Cc1ccc(Oc2ccc(C#N)cn2)cc1)NCC(O)COc1cccc2[nH]c3ccccc3c12. The summed E-state index contributed by atoms with van der Waals surface area (Å²) in [4.78, 5) is 7.55. The van der Waals surface area contributed by atoms with E-state index in [0.717, 1.165) is 39.5 Å². The normalized spacial score (nSPS) is 12.4. The largest absolute Gasteiger partial charge is 0.490 e. The lowest BCUT2D eigenvalue weighted by atomic mass is 9.94. The van der Waals surface area contributed by atoms with Gasteiger partial charge in [-0.05, 0) is 62.2 Å². The molecule has 3 aromatic carbocycles. The average molecular weight is 507 g/mol. The van der Waals surface area contributed by atoms with Crippen molar-refractivity contribution in [3.05, 3.63) is 96.2 Å². The number of pyridine rings is 1. The summed E-state index contributed by atoms with van der Waals surface area (Å²) in [6.07, 6.45) is 1.59. The van der Waals surface area contributed by atoms with Gasteiger partial charge in [-0.3, -0.25) is 0 Å². The van der Waals surface area contributed by atoms with Gasteiger partial charge in [-0.25, -0.2) is 4.98 Å². The number of rotatable bonds is 10. The van der Waals surface area contributed by atoms with Crippen LogP contribution in [0.15, 0.2) is 85.1 Å². The molecule has 0 aliphatic heterocycles. The van der Waals surface area contributed by atoms with Crippen LogP contribution in [0.5, 0.6) is 17.4 Å². The van der Waals surface area contributed by atoms with Crippen LogP contribution >= 0.6 is 0 Å². The Labute approximate surface area is 221 Å². The average Bonchev–Trinajstić information content (AvgIpc) is 3.31. The van der Waals surface area contributed by atoms with Gasteiger partial charge >= 0.3 is 0 Å². The van der Waals surface area contributed by atoms with E-state index in [1.165, 1.54) is 6.20 Å². The molecule has 0 radical (unpaired) electrons. The van der Waals surface area contributed by atoms with Crippen molar-refractivity contribution in [2.24, 2.45) is 0 Å². The zero-order valence-corrected chi connectivity index (χ0v) is 21.4. The van der Waals surface area contributed by atoms with E-state index >= 15 is 0 Å². The van der Waals surface area contributed by atoms with E-state index in [-0.39, 0.29) is 12.1 Å². The summed E-state index contributed by atoms with van der Waals surface area (Å²) in [6.45, 7) is 4.82. The molecule has 0 amide bonds. The van der Waals surface area contributed by atoms with E-state index in [0.29, 0.717) is 23.7 Å². The van der Waals surface area contributed by atoms with E-state index < -0.39 is 6.10 Å². The first-order valence-corrected chi connectivity index (χ1v) is 12.6. The van der Waals surface area contributed by atoms with Crippen LogP contribution in [0.4, 0.5) is 0 Å². The van der Waals surface area contributed by atoms with Crippen molar-refractivity contribution >= 4 is 21.8 Å². The Bertz CT molecular complexity index is 1570. The summed E-state index contributed by atoms with van der Waals surface area (Å²) in [7, 11) is 0. The number of ether oxygens (including phenoxy) is 2. The van der Waals surface area contributed by atoms with E-state index in [1.807, 2.05) is 66.7 Å². The van der Waals surface area contributed by atoms with Crippen LogP contribution in [0.1, 0.15) is 25.0 Å². The number of nitriles is 1. The van der Waals surface area contributed by atoms with Crippen LogP contribution in [-0.2, 0) is 6.42 Å². The van der Waals surface area contributed by atoms with Gasteiger partial charge in [-0.2, -0.15) is 5.26 Å². The lowest BCUT2D eigenvalue weighted by molar-refractivity contribution is 0.0996. The fraction of sp³-hybridized carbons (Fsp3) is 0.226. The predicted molar refractivity (Wildman–Crippen MR) is 149 cm³/mol. The zero-order chi connectivity index (χ0) is 26.5. The van der Waals surface area contributed by atoms with Crippen molar-refractivity contribution in [2.45, 2.75) is 31.9 Å². The van der Waals surface area contributed by atoms with Crippen molar-refractivity contribution in [3.63, 3.8) is 0 Å². The van der Waals surface area contributed by atoms with Crippen molar-refractivity contribution in [3.8, 4) is 23.4 Å². The topological polar surface area (TPSA) is 103 Å². The molecular formula is C31H30N4O3. The minimum Gasteiger partial charge on any atom is -0.490 e. The second kappa shape index (κ2) is 10.9. The molecule has 2 aromatic heterocycles. The van der Waals surface area contributed by atoms with Gasteiger partial charge in [0.15, 0.2) is 0 Å². The number of aromatic nitrogens is 2. The van der Waals surface area contributed by atoms with Crippen LogP contribution in [0.3, 0.4) is 0 Å². The molecule has 0 saturated heterocycles. The monoisotopic (exact) mass is 506 g/mol. The minimum atomic E-state index is -0.662. The quantitative estimate of drug-likeness (QED) is 0.224. The van der Waals surface area contributed by atoms with E-state index in [1.54, 1.807) is 12.1 Å². The molecule has 192 valence electrons. The van der Waals surface area contributed by atoms with Crippen molar-refractivity contribution in [1.82, 2.24) is 15.3 Å². The Hall–Kier alpha value is -4.38. The molecular weight excluding hydrogens is 476 g/mol. The van der Waals surface area contributed by atoms with Gasteiger partial charge in [0.05, 0.1) is 11.1 Å². The smallest absolute Gasteiger partial charge is 0.219 e. The molecule has 2 heterocycles. The first kappa shape index (κ1) is 25.3. The van der Waals surface area contributed by atoms with Gasteiger partial charge in [0.1, 0.15) is 30.3 Å². The molecule has 0 fully saturated rings. The molecule has 7 heteroatoms. The molecule has 5 rings (SSSR count). The second-order valence-corrected chi connectivity index (χ2v) is 10.00. The number of nitrogens with zero attached hydrogens (tertiary/aromatic N) is 2. The minimum absolute atomic E-state index is 0.192. The highest BCUT2D eigenvalue weighted by atomic mass is 16.5. The third-order valence-corrected chi connectivity index (χ3v) is 6.40. The molecule has 1 atom stereocenters. The molecule has 3 N–H and O–H groups in total. The fourth-order valence-electron chi connectivity index (χ4n) is 4.50. The van der Waals surface area contributed by atoms with Crippen LogP contribution in [0.25, 0.3) is 21.8 Å². The maximum absolute atomic E-state index is 10.6. The van der Waals surface area contributed by atoms with Gasteiger partial charge in [0.2, 0.25) is 5.88 Å². The predicted octanol–water partition coefficient (Wildman–Crippen LogP) is 5.73. The number of hydrogen-bond acceptors (Lipinski definition) is 6. The number of aliphatic hydroxyl groups is 1. The number of fused-ring (bicyclic) bond motifs is 3. The number of H-pyrrole nitrogens is 1. The van der Waals surface area contributed by atoms with Crippen molar-refractivity contribution < 1.29 is 14.6 Å². The third-order valence-electron chi connectivity index (χ3n) is 6.40. The Morgan fingerprint density at radius 1 is 1.00 bits per heavy atom. The van der Waals surface area contributed by atoms with E-state index in [4.69, 9.17) is 14.7 Å². The van der Waals surface area contributed by atoms with Gasteiger partial charge in [-0.15, -0.1) is 0 Å². The summed E-state index contributed by atoms with van der Waals surface area (Å²) in [6, 6.07) is 27.3. The number of benzene rings is 3. The summed E-state index contributed by atoms with van der Waals surface area (Å²) in [5.74, 6) is 1.88. The van der Waals surface area contributed by atoms with E-state index in [2.05, 4.69) is 35.2 Å². The van der Waals surface area contributed by atoms with Crippen molar-refractivity contribution in [1.29, 1.82) is 5.26 Å². The van der Waals surface area contributed by atoms with Gasteiger partial charge in [0, 0.05) is 40.6 Å². The molecule has 7 nitrogen and oxygen atoms in total. The number of aliphatic hydroxyl groups excluding tert-OH is 1. The van der Waals surface area contributed by atoms with Crippen LogP contribution < -0.4 is 14.8 Å². The molecule has 0 bridgehead atoms. The fourth-order valence-corrected chi connectivity index (χ4v) is 4.50. The standard InChI is InChI=1S/C31H30N4O3/c1-31(2,16-21-10-13-24(14-11-21)38-29-15-12-22(17-32)18-33-29)34-19-23(36)20-37-28-9-5-8-27-30(28)25-6-3-4-7-26(25)35-27/h3-15,18,23,34-36H,16,19-20H2,1-2H3. The number of nitrogens with one attached hydrogen (secondary N) is 2. The van der Waals surface area contributed by atoms with Crippen LogP contribution in [0.2, 0.25) is 0 Å². The summed E-state index contributed by atoms with van der Waals surface area (Å²) in [5, 5.41) is 25.1. The lowest BCUT2D eigenvalue weighted by Crippen LogP contribution is -2.46. The maximum Gasteiger partial charge on any atom is 0.219 e. The second-order valence-electron chi connectivity index (χ2n) is 10.00. The number of β-amino-alcohol motifs (C(OH)–C–C–N with tert-alkyl or cyclic N) is 1. The Morgan fingerprint density at radius 2 is 1.79 bits per heavy atom. The van der Waals surface area contributed by atoms with Crippen LogP contribution in [0, 0.1) is 11.3 Å². The Balaban J connectivity index is 1.13. The lowest BCUT2D eigenvalue weighted by Gasteiger charge is -2.28. The summed E-state index contributed by atoms with van der Waals surface area (Å²) < 4.78 is 11.8. The first-order valence-electron chi connectivity index (χ1n) is 12.6. The van der Waals surface area contributed by atoms with Crippen LogP contribution in [-0.4, -0.2) is 39.9 Å². The van der Waals surface area contributed by atoms with Crippen molar-refractivity contribution in [2.75, 3.05) is 13.2 Å². The maximum atomic E-state index is 10.6. The molecule has 38 heavy (non-hydrogen) atoms. The molecule has 0 aliphatic rings. The third kappa shape index (κ3) is 5.94. The van der Waals surface area contributed by atoms with E-state index in [9.17, 15) is 5.11 Å². The highest BCUT2D eigenvalue weighted by Crippen LogP contribution is 2.33. The summed E-state index contributed by atoms with van der Waals surface area (Å²) >= 11 is 0. The summed E-state index contributed by atoms with van der Waals surface area (Å²) in [5.41, 5.74) is 3.47. The number of aromatic amines is 1.